The Kier molecular flexibility index (Phi) is 6.16. The lowest BCUT2D eigenvalue weighted by Crippen LogP contribution is -2.34. The molecule has 0 aromatic carbocycles. The smallest absolute Gasteiger partial charge is 0.221 e. The summed E-state index contributed by atoms with van der Waals surface area (Å²) in [5.41, 5.74) is 0. The number of amides is 1. The van der Waals surface area contributed by atoms with Gasteiger partial charge in [0, 0.05) is 25.6 Å². The molecule has 0 aromatic rings. The van der Waals surface area contributed by atoms with Crippen LogP contribution in [0.2, 0.25) is 0 Å². The molecule has 1 aliphatic carbocycles. The van der Waals surface area contributed by atoms with Crippen LogP contribution in [0, 0.1) is 5.92 Å². The number of allylic oxidation sites excluding steroid dienone is 1. The standard InChI is InChI=1S/C13H24N2O/c1-11(2)10-15-13(16)8-9-14-12-6-4-3-5-7-12/h4,6,11-12,14H,3,5,7-10H2,1-2H3,(H,15,16). The van der Waals surface area contributed by atoms with Crippen LogP contribution in [-0.2, 0) is 4.79 Å². The van der Waals surface area contributed by atoms with Gasteiger partial charge < -0.3 is 10.6 Å². The Labute approximate surface area is 98.7 Å². The molecule has 16 heavy (non-hydrogen) atoms. The fourth-order valence-corrected chi connectivity index (χ4v) is 1.76. The van der Waals surface area contributed by atoms with Gasteiger partial charge in [-0.1, -0.05) is 26.0 Å². The molecule has 1 unspecified atom stereocenters. The molecule has 0 aromatic heterocycles. The van der Waals surface area contributed by atoms with Crippen molar-refractivity contribution in [1.29, 1.82) is 0 Å². The third-order valence-corrected chi connectivity index (χ3v) is 2.72. The molecule has 0 bridgehead atoms. The normalized spacial score (nSPS) is 20.1. The summed E-state index contributed by atoms with van der Waals surface area (Å²) in [6.07, 6.45) is 8.68. The zero-order valence-electron chi connectivity index (χ0n) is 10.5. The molecule has 3 nitrogen and oxygen atoms in total. The van der Waals surface area contributed by atoms with Crippen LogP contribution in [0.15, 0.2) is 12.2 Å². The minimum atomic E-state index is 0.154. The van der Waals surface area contributed by atoms with Gasteiger partial charge in [0.2, 0.25) is 5.91 Å². The third kappa shape index (κ3) is 5.91. The molecule has 0 saturated heterocycles. The Balaban J connectivity index is 2.03. The zero-order chi connectivity index (χ0) is 11.8. The maximum absolute atomic E-state index is 11.4. The number of carbonyl (C=O) groups excluding carboxylic acids is 1. The van der Waals surface area contributed by atoms with Gasteiger partial charge in [0.1, 0.15) is 0 Å². The Bertz CT molecular complexity index is 236. The van der Waals surface area contributed by atoms with Gasteiger partial charge >= 0.3 is 0 Å². The van der Waals surface area contributed by atoms with Gasteiger partial charge in [-0.2, -0.15) is 0 Å². The lowest BCUT2D eigenvalue weighted by atomic mass is 10.0. The van der Waals surface area contributed by atoms with Gasteiger partial charge in [0.15, 0.2) is 0 Å². The first-order chi connectivity index (χ1) is 7.68. The van der Waals surface area contributed by atoms with Crippen LogP contribution in [0.4, 0.5) is 0 Å². The molecule has 1 aliphatic rings. The summed E-state index contributed by atoms with van der Waals surface area (Å²) in [5, 5.41) is 6.32. The van der Waals surface area contributed by atoms with Crippen LogP contribution in [0.1, 0.15) is 39.5 Å². The summed E-state index contributed by atoms with van der Waals surface area (Å²) in [6.45, 7) is 5.76. The molecule has 3 heteroatoms. The topological polar surface area (TPSA) is 41.1 Å². The predicted molar refractivity (Wildman–Crippen MR) is 67.2 cm³/mol. The van der Waals surface area contributed by atoms with E-state index >= 15 is 0 Å². The minimum absolute atomic E-state index is 0.154. The van der Waals surface area contributed by atoms with E-state index in [1.807, 2.05) is 0 Å². The van der Waals surface area contributed by atoms with Crippen LogP contribution >= 0.6 is 0 Å². The first-order valence-electron chi connectivity index (χ1n) is 6.35. The van der Waals surface area contributed by atoms with Crippen LogP contribution in [0.3, 0.4) is 0 Å². The van der Waals surface area contributed by atoms with Gasteiger partial charge in [-0.25, -0.2) is 0 Å². The van der Waals surface area contributed by atoms with Gasteiger partial charge in [0.25, 0.3) is 0 Å². The summed E-state index contributed by atoms with van der Waals surface area (Å²) >= 11 is 0. The highest BCUT2D eigenvalue weighted by atomic mass is 16.1. The molecule has 92 valence electrons. The highest BCUT2D eigenvalue weighted by Crippen LogP contribution is 2.09. The van der Waals surface area contributed by atoms with E-state index in [1.54, 1.807) is 0 Å². The van der Waals surface area contributed by atoms with Crippen molar-refractivity contribution in [1.82, 2.24) is 10.6 Å². The van der Waals surface area contributed by atoms with Gasteiger partial charge in [-0.05, 0) is 25.2 Å². The second kappa shape index (κ2) is 7.44. The molecular formula is C13H24N2O. The molecular weight excluding hydrogens is 200 g/mol. The molecule has 0 aliphatic heterocycles. The van der Waals surface area contributed by atoms with Gasteiger partial charge in [-0.3, -0.25) is 4.79 Å². The van der Waals surface area contributed by atoms with E-state index < -0.39 is 0 Å². The van der Waals surface area contributed by atoms with E-state index in [9.17, 15) is 4.79 Å². The van der Waals surface area contributed by atoms with E-state index in [-0.39, 0.29) is 5.91 Å². The summed E-state index contributed by atoms with van der Waals surface area (Å²) in [5.74, 6) is 0.680. The summed E-state index contributed by atoms with van der Waals surface area (Å²) < 4.78 is 0. The van der Waals surface area contributed by atoms with Crippen molar-refractivity contribution in [3.05, 3.63) is 12.2 Å². The second-order valence-corrected chi connectivity index (χ2v) is 4.87. The number of nitrogens with one attached hydrogen (secondary N) is 2. The van der Waals surface area contributed by atoms with Crippen molar-refractivity contribution in [3.8, 4) is 0 Å². The molecule has 1 atom stereocenters. The van der Waals surface area contributed by atoms with E-state index in [1.165, 1.54) is 19.3 Å². The molecule has 0 heterocycles. The van der Waals surface area contributed by atoms with E-state index in [0.29, 0.717) is 18.4 Å². The van der Waals surface area contributed by atoms with Crippen molar-refractivity contribution in [2.45, 2.75) is 45.6 Å². The lowest BCUT2D eigenvalue weighted by Gasteiger charge is -2.17. The summed E-state index contributed by atoms with van der Waals surface area (Å²) in [7, 11) is 0. The molecule has 1 amide bonds. The van der Waals surface area contributed by atoms with Gasteiger partial charge in [0.05, 0.1) is 0 Å². The zero-order valence-corrected chi connectivity index (χ0v) is 10.5. The van der Waals surface area contributed by atoms with Crippen molar-refractivity contribution in [2.24, 2.45) is 5.92 Å². The van der Waals surface area contributed by atoms with E-state index in [0.717, 1.165) is 13.1 Å². The Morgan fingerprint density at radius 2 is 2.31 bits per heavy atom. The molecule has 0 saturated carbocycles. The average Bonchev–Trinajstić information content (AvgIpc) is 2.28. The molecule has 1 rings (SSSR count). The maximum atomic E-state index is 11.4. The summed E-state index contributed by atoms with van der Waals surface area (Å²) in [4.78, 5) is 11.4. The van der Waals surface area contributed by atoms with Crippen LogP contribution in [0.25, 0.3) is 0 Å². The highest BCUT2D eigenvalue weighted by molar-refractivity contribution is 5.76. The van der Waals surface area contributed by atoms with E-state index in [4.69, 9.17) is 0 Å². The van der Waals surface area contributed by atoms with Crippen molar-refractivity contribution >= 4 is 5.91 Å². The maximum Gasteiger partial charge on any atom is 0.221 e. The number of rotatable bonds is 6. The Hall–Kier alpha value is -0.830. The van der Waals surface area contributed by atoms with Gasteiger partial charge in [-0.15, -0.1) is 0 Å². The van der Waals surface area contributed by atoms with Crippen LogP contribution in [-0.4, -0.2) is 25.0 Å². The average molecular weight is 224 g/mol. The number of carbonyl (C=O) groups is 1. The lowest BCUT2D eigenvalue weighted by molar-refractivity contribution is -0.121. The molecule has 0 fully saturated rings. The fourth-order valence-electron chi connectivity index (χ4n) is 1.76. The van der Waals surface area contributed by atoms with E-state index in [2.05, 4.69) is 36.6 Å². The number of hydrogen-bond donors (Lipinski definition) is 2. The molecule has 0 radical (unpaired) electrons. The fraction of sp³-hybridized carbons (Fsp3) is 0.769. The van der Waals surface area contributed by atoms with Crippen molar-refractivity contribution in [3.63, 3.8) is 0 Å². The SMILES string of the molecule is CC(C)CNC(=O)CCNC1C=CCCC1. The third-order valence-electron chi connectivity index (χ3n) is 2.72. The first kappa shape index (κ1) is 13.2. The first-order valence-corrected chi connectivity index (χ1v) is 6.35. The Morgan fingerprint density at radius 1 is 1.50 bits per heavy atom. The largest absolute Gasteiger partial charge is 0.356 e. The molecule has 2 N–H and O–H groups in total. The Morgan fingerprint density at radius 3 is 2.94 bits per heavy atom. The minimum Gasteiger partial charge on any atom is -0.356 e. The van der Waals surface area contributed by atoms with Crippen molar-refractivity contribution < 1.29 is 4.79 Å². The highest BCUT2D eigenvalue weighted by Gasteiger charge is 2.08. The second-order valence-electron chi connectivity index (χ2n) is 4.87. The van der Waals surface area contributed by atoms with Crippen LogP contribution in [0.5, 0.6) is 0 Å². The molecule has 0 spiro atoms. The number of hydrogen-bond acceptors (Lipinski definition) is 2. The van der Waals surface area contributed by atoms with Crippen LogP contribution < -0.4 is 10.6 Å². The predicted octanol–water partition coefficient (Wildman–Crippen LogP) is 1.85. The van der Waals surface area contributed by atoms with Crippen molar-refractivity contribution in [2.75, 3.05) is 13.1 Å². The quantitative estimate of drug-likeness (QED) is 0.676. The monoisotopic (exact) mass is 224 g/mol. The summed E-state index contributed by atoms with van der Waals surface area (Å²) in [6, 6.07) is 0.478.